The monoisotopic (exact) mass is 291 g/mol. The fourth-order valence-electron chi connectivity index (χ4n) is 2.40. The molecule has 88 valence electrons. The van der Waals surface area contributed by atoms with E-state index < -0.39 is 0 Å². The number of aromatic nitrogens is 2. The van der Waals surface area contributed by atoms with Gasteiger partial charge in [0.05, 0.1) is 11.0 Å². The van der Waals surface area contributed by atoms with Crippen molar-refractivity contribution in [2.75, 3.05) is 5.73 Å². The highest BCUT2D eigenvalue weighted by Gasteiger charge is 2.11. The van der Waals surface area contributed by atoms with Gasteiger partial charge in [0.25, 0.3) is 0 Å². The van der Waals surface area contributed by atoms with Crippen LogP contribution in [0.1, 0.15) is 23.1 Å². The maximum Gasteiger partial charge on any atom is 0.159 e. The molecular formula is C13H14BrN3. The molecule has 2 N–H and O–H groups in total. The lowest BCUT2D eigenvalue weighted by molar-refractivity contribution is 0.689. The van der Waals surface area contributed by atoms with E-state index >= 15 is 0 Å². The van der Waals surface area contributed by atoms with Gasteiger partial charge in [-0.15, -0.1) is 0 Å². The molecule has 1 heterocycles. The minimum atomic E-state index is 0.547. The minimum Gasteiger partial charge on any atom is -0.381 e. The van der Waals surface area contributed by atoms with Crippen molar-refractivity contribution in [2.24, 2.45) is 0 Å². The van der Waals surface area contributed by atoms with Crippen molar-refractivity contribution in [3.05, 3.63) is 45.6 Å². The van der Waals surface area contributed by atoms with E-state index in [-0.39, 0.29) is 0 Å². The zero-order valence-electron chi connectivity index (χ0n) is 9.49. The molecule has 17 heavy (non-hydrogen) atoms. The number of nitrogens with two attached hydrogens (primary N) is 1. The van der Waals surface area contributed by atoms with E-state index in [1.165, 1.54) is 36.0 Å². The summed E-state index contributed by atoms with van der Waals surface area (Å²) in [5.74, 6) is 0.547. The number of hydrogen-bond donors (Lipinski definition) is 1. The summed E-state index contributed by atoms with van der Waals surface area (Å²) in [5.41, 5.74) is 10.0. The second kappa shape index (κ2) is 4.18. The van der Waals surface area contributed by atoms with E-state index in [9.17, 15) is 0 Å². The van der Waals surface area contributed by atoms with Gasteiger partial charge in [0.1, 0.15) is 0 Å². The number of fused-ring (bicyclic) bond motifs is 1. The third-order valence-corrected chi connectivity index (χ3v) is 3.86. The van der Waals surface area contributed by atoms with Crippen LogP contribution in [0.25, 0.3) is 0 Å². The van der Waals surface area contributed by atoms with Crippen molar-refractivity contribution >= 4 is 21.7 Å². The molecule has 0 radical (unpaired) electrons. The molecule has 1 aliphatic rings. The molecule has 4 heteroatoms. The predicted molar refractivity (Wildman–Crippen MR) is 71.9 cm³/mol. The molecule has 0 unspecified atom stereocenters. The normalized spacial score (nSPS) is 13.9. The van der Waals surface area contributed by atoms with E-state index in [2.05, 4.69) is 39.2 Å². The Hall–Kier alpha value is -1.29. The smallest absolute Gasteiger partial charge is 0.159 e. The summed E-state index contributed by atoms with van der Waals surface area (Å²) in [6.07, 6.45) is 5.66. The van der Waals surface area contributed by atoms with Crippen LogP contribution in [-0.4, -0.2) is 9.78 Å². The summed E-state index contributed by atoms with van der Waals surface area (Å²) < 4.78 is 2.73. The number of halogens is 1. The number of nitrogen functional groups attached to an aromatic ring is 1. The average Bonchev–Trinajstić information content (AvgIpc) is 2.86. The summed E-state index contributed by atoms with van der Waals surface area (Å²) in [6, 6.07) is 6.74. The van der Waals surface area contributed by atoms with E-state index in [4.69, 9.17) is 5.73 Å². The van der Waals surface area contributed by atoms with Gasteiger partial charge in [-0.1, -0.05) is 18.2 Å². The standard InChI is InChI=1S/C13H14BrN3/c14-12-8-17(16-13(12)15)7-9-4-5-10-2-1-3-11(10)6-9/h4-6,8H,1-3,7H2,(H2,15,16). The Balaban J connectivity index is 1.85. The Morgan fingerprint density at radius 1 is 1.29 bits per heavy atom. The quantitative estimate of drug-likeness (QED) is 0.925. The molecule has 1 aromatic carbocycles. The van der Waals surface area contributed by atoms with Crippen molar-refractivity contribution in [1.29, 1.82) is 0 Å². The van der Waals surface area contributed by atoms with Crippen molar-refractivity contribution in [2.45, 2.75) is 25.8 Å². The Morgan fingerprint density at radius 2 is 2.12 bits per heavy atom. The highest BCUT2D eigenvalue weighted by molar-refractivity contribution is 9.10. The van der Waals surface area contributed by atoms with Gasteiger partial charge in [0.15, 0.2) is 5.82 Å². The summed E-state index contributed by atoms with van der Waals surface area (Å²) in [7, 11) is 0. The van der Waals surface area contributed by atoms with E-state index in [1.54, 1.807) is 0 Å². The van der Waals surface area contributed by atoms with Gasteiger partial charge in [0, 0.05) is 6.20 Å². The van der Waals surface area contributed by atoms with Gasteiger partial charge >= 0.3 is 0 Å². The molecule has 1 aliphatic carbocycles. The van der Waals surface area contributed by atoms with Crippen LogP contribution >= 0.6 is 15.9 Å². The van der Waals surface area contributed by atoms with Crippen LogP contribution < -0.4 is 5.73 Å². The molecule has 3 nitrogen and oxygen atoms in total. The van der Waals surface area contributed by atoms with Crippen molar-refractivity contribution in [3.8, 4) is 0 Å². The fraction of sp³-hybridized carbons (Fsp3) is 0.308. The summed E-state index contributed by atoms with van der Waals surface area (Å²) in [6.45, 7) is 0.781. The number of anilines is 1. The maximum atomic E-state index is 5.71. The van der Waals surface area contributed by atoms with Gasteiger partial charge in [-0.25, -0.2) is 0 Å². The molecule has 0 saturated heterocycles. The molecule has 0 fully saturated rings. The SMILES string of the molecule is Nc1nn(Cc2ccc3c(c2)CCC3)cc1Br. The Bertz CT molecular complexity index is 540. The first-order chi connectivity index (χ1) is 8.22. The van der Waals surface area contributed by atoms with Gasteiger partial charge in [-0.2, -0.15) is 5.10 Å². The summed E-state index contributed by atoms with van der Waals surface area (Å²) in [4.78, 5) is 0. The lowest BCUT2D eigenvalue weighted by Crippen LogP contribution is -2.01. The molecule has 2 aromatic rings. The molecule has 1 aromatic heterocycles. The zero-order valence-corrected chi connectivity index (χ0v) is 11.1. The average molecular weight is 292 g/mol. The van der Waals surface area contributed by atoms with Gasteiger partial charge in [-0.05, 0) is 51.9 Å². The summed E-state index contributed by atoms with van der Waals surface area (Å²) >= 11 is 3.37. The zero-order chi connectivity index (χ0) is 11.8. The molecule has 0 amide bonds. The Morgan fingerprint density at radius 3 is 2.88 bits per heavy atom. The first kappa shape index (κ1) is 10.8. The van der Waals surface area contributed by atoms with Crippen LogP contribution in [0.4, 0.5) is 5.82 Å². The molecule has 3 rings (SSSR count). The van der Waals surface area contributed by atoms with Crippen LogP contribution in [0, 0.1) is 0 Å². The van der Waals surface area contributed by atoms with E-state index in [0.29, 0.717) is 5.82 Å². The van der Waals surface area contributed by atoms with Crippen molar-refractivity contribution in [1.82, 2.24) is 9.78 Å². The number of benzene rings is 1. The number of nitrogens with zero attached hydrogens (tertiary/aromatic N) is 2. The maximum absolute atomic E-state index is 5.71. The summed E-state index contributed by atoms with van der Waals surface area (Å²) in [5, 5.41) is 4.25. The van der Waals surface area contributed by atoms with Gasteiger partial charge < -0.3 is 5.73 Å². The highest BCUT2D eigenvalue weighted by Crippen LogP contribution is 2.23. The third kappa shape index (κ3) is 2.09. The first-order valence-electron chi connectivity index (χ1n) is 5.81. The second-order valence-corrected chi connectivity index (χ2v) is 5.37. The number of rotatable bonds is 2. The molecule has 0 aliphatic heterocycles. The number of aryl methyl sites for hydroxylation is 2. The highest BCUT2D eigenvalue weighted by atomic mass is 79.9. The van der Waals surface area contributed by atoms with Gasteiger partial charge in [0.2, 0.25) is 0 Å². The lowest BCUT2D eigenvalue weighted by Gasteiger charge is -2.05. The first-order valence-corrected chi connectivity index (χ1v) is 6.61. The molecule has 0 saturated carbocycles. The van der Waals surface area contributed by atoms with Crippen LogP contribution in [0.2, 0.25) is 0 Å². The Kier molecular flexibility index (Phi) is 2.67. The molecular weight excluding hydrogens is 278 g/mol. The molecule has 0 atom stereocenters. The molecule has 0 spiro atoms. The Labute approximate surface area is 109 Å². The van der Waals surface area contributed by atoms with Crippen LogP contribution in [0.5, 0.6) is 0 Å². The largest absolute Gasteiger partial charge is 0.381 e. The lowest BCUT2D eigenvalue weighted by atomic mass is 10.1. The topological polar surface area (TPSA) is 43.8 Å². The van der Waals surface area contributed by atoms with E-state index in [0.717, 1.165) is 11.0 Å². The third-order valence-electron chi connectivity index (χ3n) is 3.25. The van der Waals surface area contributed by atoms with Crippen LogP contribution in [0.3, 0.4) is 0 Å². The van der Waals surface area contributed by atoms with Crippen molar-refractivity contribution < 1.29 is 0 Å². The second-order valence-electron chi connectivity index (χ2n) is 4.52. The van der Waals surface area contributed by atoms with E-state index in [1.807, 2.05) is 10.9 Å². The minimum absolute atomic E-state index is 0.547. The molecule has 0 bridgehead atoms. The van der Waals surface area contributed by atoms with Crippen LogP contribution in [0.15, 0.2) is 28.9 Å². The van der Waals surface area contributed by atoms with Crippen LogP contribution in [-0.2, 0) is 19.4 Å². The predicted octanol–water partition coefficient (Wildman–Crippen LogP) is 2.76. The fourth-order valence-corrected chi connectivity index (χ4v) is 2.72. The van der Waals surface area contributed by atoms with Crippen molar-refractivity contribution in [3.63, 3.8) is 0 Å². The van der Waals surface area contributed by atoms with Gasteiger partial charge in [-0.3, -0.25) is 4.68 Å². The number of hydrogen-bond acceptors (Lipinski definition) is 2.